The number of hydrogen-bond donors (Lipinski definition) is 1. The number of carbonyl (C=O) groups is 2. The SMILES string of the molecule is CCCOc1cccc(/C(O)=C2\C(=O)C(=O)N(c3ccc(N4CCCCC4)cc3)C2c2ccncc2)c1. The Balaban J connectivity index is 1.56. The lowest BCUT2D eigenvalue weighted by molar-refractivity contribution is -0.132. The number of hydrogen-bond acceptors (Lipinski definition) is 6. The summed E-state index contributed by atoms with van der Waals surface area (Å²) in [6, 6.07) is 17.4. The van der Waals surface area contributed by atoms with Gasteiger partial charge in [-0.2, -0.15) is 0 Å². The van der Waals surface area contributed by atoms with Gasteiger partial charge < -0.3 is 14.7 Å². The third-order valence-corrected chi connectivity index (χ3v) is 6.90. The molecule has 2 aliphatic heterocycles. The first-order chi connectivity index (χ1) is 18.1. The van der Waals surface area contributed by atoms with Crippen molar-refractivity contribution >= 4 is 28.8 Å². The second-order valence-electron chi connectivity index (χ2n) is 9.39. The molecular weight excluding hydrogens is 466 g/mol. The summed E-state index contributed by atoms with van der Waals surface area (Å²) in [6.07, 6.45) is 7.67. The van der Waals surface area contributed by atoms with Crippen LogP contribution < -0.4 is 14.5 Å². The van der Waals surface area contributed by atoms with Gasteiger partial charge in [0.2, 0.25) is 0 Å². The van der Waals surface area contributed by atoms with E-state index in [4.69, 9.17) is 4.74 Å². The van der Waals surface area contributed by atoms with Gasteiger partial charge in [-0.05, 0) is 79.8 Å². The Hall–Kier alpha value is -4.13. The largest absolute Gasteiger partial charge is 0.507 e. The zero-order chi connectivity index (χ0) is 25.8. The fraction of sp³-hybridized carbons (Fsp3) is 0.300. The highest BCUT2D eigenvalue weighted by atomic mass is 16.5. The molecule has 7 nitrogen and oxygen atoms in total. The number of ketones is 1. The van der Waals surface area contributed by atoms with Crippen molar-refractivity contribution in [3.8, 4) is 5.75 Å². The van der Waals surface area contributed by atoms with Crippen molar-refractivity contribution in [2.45, 2.75) is 38.6 Å². The predicted molar refractivity (Wildman–Crippen MR) is 144 cm³/mol. The smallest absolute Gasteiger partial charge is 0.300 e. The Kier molecular flexibility index (Phi) is 7.21. The summed E-state index contributed by atoms with van der Waals surface area (Å²) in [4.78, 5) is 34.7. The number of aliphatic hydroxyl groups excluding tert-OH is 1. The van der Waals surface area contributed by atoms with E-state index in [1.165, 1.54) is 24.2 Å². The number of piperidine rings is 1. The fourth-order valence-corrected chi connectivity index (χ4v) is 5.04. The van der Waals surface area contributed by atoms with Crippen molar-refractivity contribution in [1.29, 1.82) is 0 Å². The number of amides is 1. The Bertz CT molecular complexity index is 1300. The molecule has 3 heterocycles. The summed E-state index contributed by atoms with van der Waals surface area (Å²) in [5.74, 6) is -1.03. The van der Waals surface area contributed by atoms with Gasteiger partial charge in [0.1, 0.15) is 11.5 Å². The minimum Gasteiger partial charge on any atom is -0.507 e. The number of nitrogens with zero attached hydrogens (tertiary/aromatic N) is 3. The molecule has 2 saturated heterocycles. The number of rotatable bonds is 7. The predicted octanol–water partition coefficient (Wildman–Crippen LogP) is 5.49. The zero-order valence-electron chi connectivity index (χ0n) is 21.0. The molecule has 7 heteroatoms. The number of anilines is 2. The average molecular weight is 498 g/mol. The van der Waals surface area contributed by atoms with E-state index in [0.29, 0.717) is 29.2 Å². The van der Waals surface area contributed by atoms with E-state index in [-0.39, 0.29) is 11.3 Å². The summed E-state index contributed by atoms with van der Waals surface area (Å²) in [7, 11) is 0. The van der Waals surface area contributed by atoms with Crippen LogP contribution in [0.25, 0.3) is 5.76 Å². The number of aromatic nitrogens is 1. The van der Waals surface area contributed by atoms with Crippen molar-refractivity contribution in [2.75, 3.05) is 29.5 Å². The highest BCUT2D eigenvalue weighted by molar-refractivity contribution is 6.51. The van der Waals surface area contributed by atoms with E-state index >= 15 is 0 Å². The van der Waals surface area contributed by atoms with E-state index in [1.54, 1.807) is 48.8 Å². The Labute approximate surface area is 217 Å². The first-order valence-electron chi connectivity index (χ1n) is 12.9. The van der Waals surface area contributed by atoms with Crippen molar-refractivity contribution in [1.82, 2.24) is 4.98 Å². The summed E-state index contributed by atoms with van der Waals surface area (Å²) < 4.78 is 5.71. The zero-order valence-corrected chi connectivity index (χ0v) is 21.0. The molecule has 1 atom stereocenters. The summed E-state index contributed by atoms with van der Waals surface area (Å²) in [5.41, 5.74) is 2.86. The Morgan fingerprint density at radius 2 is 1.68 bits per heavy atom. The van der Waals surface area contributed by atoms with Crippen LogP contribution >= 0.6 is 0 Å². The topological polar surface area (TPSA) is 83.0 Å². The number of benzene rings is 2. The third-order valence-electron chi connectivity index (χ3n) is 6.90. The van der Waals surface area contributed by atoms with Crippen LogP contribution in [0.4, 0.5) is 11.4 Å². The second kappa shape index (κ2) is 10.9. The lowest BCUT2D eigenvalue weighted by atomic mass is 9.95. The lowest BCUT2D eigenvalue weighted by Crippen LogP contribution is -2.30. The molecular formula is C30H31N3O4. The van der Waals surface area contributed by atoms with E-state index in [9.17, 15) is 14.7 Å². The maximum absolute atomic E-state index is 13.4. The van der Waals surface area contributed by atoms with Gasteiger partial charge in [-0.3, -0.25) is 19.5 Å². The summed E-state index contributed by atoms with van der Waals surface area (Å²) in [5, 5.41) is 11.4. The maximum atomic E-state index is 13.4. The van der Waals surface area contributed by atoms with E-state index in [1.807, 2.05) is 31.2 Å². The summed E-state index contributed by atoms with van der Waals surface area (Å²) in [6.45, 7) is 4.59. The van der Waals surface area contributed by atoms with Crippen LogP contribution in [-0.4, -0.2) is 41.5 Å². The second-order valence-corrected chi connectivity index (χ2v) is 9.39. The highest BCUT2D eigenvalue weighted by Gasteiger charge is 2.47. The molecule has 1 N–H and O–H groups in total. The van der Waals surface area contributed by atoms with E-state index < -0.39 is 17.7 Å². The van der Waals surface area contributed by atoms with Gasteiger partial charge in [-0.15, -0.1) is 0 Å². The first-order valence-corrected chi connectivity index (χ1v) is 12.9. The molecule has 0 bridgehead atoms. The van der Waals surface area contributed by atoms with Crippen molar-refractivity contribution in [3.63, 3.8) is 0 Å². The molecule has 2 aliphatic rings. The average Bonchev–Trinajstić information content (AvgIpc) is 3.22. The minimum atomic E-state index is -0.788. The molecule has 2 fully saturated rings. The van der Waals surface area contributed by atoms with Gasteiger partial charge in [0.15, 0.2) is 0 Å². The number of pyridine rings is 1. The molecule has 37 heavy (non-hydrogen) atoms. The van der Waals surface area contributed by atoms with Gasteiger partial charge in [-0.25, -0.2) is 0 Å². The molecule has 0 spiro atoms. The Morgan fingerprint density at radius 1 is 0.973 bits per heavy atom. The number of Topliss-reactive ketones (excluding diaryl/α,β-unsaturated/α-hetero) is 1. The van der Waals surface area contributed by atoms with Crippen LogP contribution in [0.5, 0.6) is 5.75 Å². The summed E-state index contributed by atoms with van der Waals surface area (Å²) >= 11 is 0. The monoisotopic (exact) mass is 497 g/mol. The van der Waals surface area contributed by atoms with E-state index in [2.05, 4.69) is 9.88 Å². The molecule has 190 valence electrons. The van der Waals surface area contributed by atoms with Crippen molar-refractivity contribution in [3.05, 3.63) is 89.8 Å². The molecule has 0 aliphatic carbocycles. The van der Waals surface area contributed by atoms with Crippen molar-refractivity contribution in [2.24, 2.45) is 0 Å². The highest BCUT2D eigenvalue weighted by Crippen LogP contribution is 2.42. The van der Waals surface area contributed by atoms with Gasteiger partial charge in [0.25, 0.3) is 11.7 Å². The van der Waals surface area contributed by atoms with Crippen LogP contribution in [0.1, 0.15) is 49.8 Å². The quantitative estimate of drug-likeness (QED) is 0.264. The molecule has 0 radical (unpaired) electrons. The first kappa shape index (κ1) is 24.6. The number of ether oxygens (including phenoxy) is 1. The minimum absolute atomic E-state index is 0.0453. The molecule has 2 aromatic carbocycles. The lowest BCUT2D eigenvalue weighted by Gasteiger charge is -2.30. The van der Waals surface area contributed by atoms with Crippen molar-refractivity contribution < 1.29 is 19.4 Å². The normalized spacial score (nSPS) is 19.3. The number of aliphatic hydroxyl groups is 1. The molecule has 1 amide bonds. The standard InChI is InChI=1S/C30H31N3O4/c1-2-19-37-25-8-6-7-22(20-25)28(34)26-27(21-13-15-31-16-14-21)33(30(36)29(26)35)24-11-9-23(10-12-24)32-17-4-3-5-18-32/h6-16,20,27,34H,2-5,17-19H2,1H3/b28-26+. The maximum Gasteiger partial charge on any atom is 0.300 e. The van der Waals surface area contributed by atoms with Crippen LogP contribution in [0.3, 0.4) is 0 Å². The molecule has 1 aromatic heterocycles. The third kappa shape index (κ3) is 4.94. The van der Waals surface area contributed by atoms with E-state index in [0.717, 1.165) is 25.2 Å². The van der Waals surface area contributed by atoms with Crippen LogP contribution in [-0.2, 0) is 9.59 Å². The molecule has 0 saturated carbocycles. The Morgan fingerprint density at radius 3 is 2.38 bits per heavy atom. The molecule has 1 unspecified atom stereocenters. The van der Waals surface area contributed by atoms with Gasteiger partial charge in [0.05, 0.1) is 18.2 Å². The van der Waals surface area contributed by atoms with Gasteiger partial charge in [-0.1, -0.05) is 19.1 Å². The number of carbonyl (C=O) groups excluding carboxylic acids is 2. The van der Waals surface area contributed by atoms with Crippen LogP contribution in [0.2, 0.25) is 0 Å². The fourth-order valence-electron chi connectivity index (χ4n) is 5.04. The molecule has 5 rings (SSSR count). The molecule has 3 aromatic rings. The van der Waals surface area contributed by atoms with Gasteiger partial charge in [0, 0.05) is 42.4 Å². The van der Waals surface area contributed by atoms with Gasteiger partial charge >= 0.3 is 0 Å². The van der Waals surface area contributed by atoms with Crippen LogP contribution in [0.15, 0.2) is 78.6 Å². The van der Waals surface area contributed by atoms with Crippen LogP contribution in [0, 0.1) is 0 Å².